The number of hydrogen-bond acceptors (Lipinski definition) is 8. The number of amides is 9. The Labute approximate surface area is 315 Å². The van der Waals surface area contributed by atoms with Gasteiger partial charge in [0, 0.05) is 80.6 Å². The van der Waals surface area contributed by atoms with Gasteiger partial charge >= 0.3 is 18.1 Å². The van der Waals surface area contributed by atoms with Crippen LogP contribution in [0.5, 0.6) is 0 Å². The molecule has 280 valence electrons. The Bertz CT molecular complexity index is 1610. The molecule has 6 bridgehead atoms. The average molecular weight is 834 g/mol. The second kappa shape index (κ2) is 16.1. The summed E-state index contributed by atoms with van der Waals surface area (Å²) in [7, 11) is 1.81. The zero-order valence-corrected chi connectivity index (χ0v) is 31.3. The number of urea groups is 3. The minimum Gasteiger partial charge on any atom is -0.356 e. The second-order valence-corrected chi connectivity index (χ2v) is 14.6. The van der Waals surface area contributed by atoms with E-state index < -0.39 is 0 Å². The zero-order chi connectivity index (χ0) is 37.1. The highest BCUT2D eigenvalue weighted by molar-refractivity contribution is 14.1. The minimum absolute atomic E-state index is 0.0419. The van der Waals surface area contributed by atoms with Gasteiger partial charge in [0.15, 0.2) is 0 Å². The topological polar surface area (TPSA) is 159 Å². The van der Waals surface area contributed by atoms with Crippen LogP contribution in [0.4, 0.5) is 14.4 Å². The Kier molecular flexibility index (Phi) is 11.5. The molecule has 9 aliphatic rings. The molecule has 52 heavy (non-hydrogen) atoms. The molecule has 0 aromatic carbocycles. The molecule has 17 nitrogen and oxygen atoms in total. The number of nitrogens with one attached hydrogen (secondary N) is 1. The average Bonchev–Trinajstić information content (AvgIpc) is 3.56. The summed E-state index contributed by atoms with van der Waals surface area (Å²) in [5.74, 6) is 0.499. The van der Waals surface area contributed by atoms with E-state index in [4.69, 9.17) is 9.68 Å². The molecule has 1 N–H and O–H groups in total. The number of fused-ring (bicyclic) bond motifs is 6. The highest BCUT2D eigenvalue weighted by atomic mass is 127. The van der Waals surface area contributed by atoms with E-state index in [-0.39, 0.29) is 53.9 Å². The molecule has 3 atom stereocenters. The van der Waals surface area contributed by atoms with Crippen molar-refractivity contribution in [3.05, 3.63) is 58.5 Å². The molecular weight excluding hydrogens is 789 g/mol. The fourth-order valence-electron chi connectivity index (χ4n) is 6.68. The number of β-lactam (4-membered cyclic amide) rings is 3. The summed E-state index contributed by atoms with van der Waals surface area (Å²) in [4.78, 5) is 89.1. The Hall–Kier alpha value is -4.43. The predicted octanol–water partition coefficient (Wildman–Crippen LogP) is 1.24. The van der Waals surface area contributed by atoms with E-state index in [1.54, 1.807) is 41.6 Å². The summed E-state index contributed by atoms with van der Waals surface area (Å²) in [6.07, 6.45) is 11.3. The van der Waals surface area contributed by atoms with Crippen LogP contribution in [-0.4, -0.2) is 173 Å². The maximum atomic E-state index is 12.0. The van der Waals surface area contributed by atoms with Crippen LogP contribution < -0.4 is 5.32 Å². The molecular formula is C34H44IN9O8. The Morgan fingerprint density at radius 2 is 1.15 bits per heavy atom. The quantitative estimate of drug-likeness (QED) is 0.218. The molecule has 0 radical (unpaired) electrons. The van der Waals surface area contributed by atoms with Gasteiger partial charge in [-0.2, -0.15) is 10.1 Å². The molecule has 0 aromatic heterocycles. The lowest BCUT2D eigenvalue weighted by Crippen LogP contribution is -2.47. The molecule has 3 unspecified atom stereocenters. The lowest BCUT2D eigenvalue weighted by atomic mass is 10.1. The maximum absolute atomic E-state index is 12.0. The van der Waals surface area contributed by atoms with E-state index in [0.717, 1.165) is 50.5 Å². The molecule has 9 rings (SSSR count). The molecule has 0 aromatic rings. The van der Waals surface area contributed by atoms with Crippen molar-refractivity contribution in [2.45, 2.75) is 37.4 Å². The number of carbonyl (C=O) groups excluding carboxylic acids is 6. The van der Waals surface area contributed by atoms with E-state index in [2.05, 4.69) is 53.2 Å². The normalized spacial score (nSPS) is 26.4. The fraction of sp³-hybridized carbons (Fsp3) is 0.529. The first-order valence-corrected chi connectivity index (χ1v) is 18.4. The molecule has 0 spiro atoms. The second-order valence-electron chi connectivity index (χ2n) is 13.2. The highest BCUT2D eigenvalue weighted by Gasteiger charge is 2.44. The van der Waals surface area contributed by atoms with Crippen LogP contribution in [0.25, 0.3) is 0 Å². The predicted molar refractivity (Wildman–Crippen MR) is 195 cm³/mol. The number of hydroxylamine groups is 4. The zero-order valence-electron chi connectivity index (χ0n) is 29.2. The first-order valence-electron chi connectivity index (χ1n) is 17.3. The smallest absolute Gasteiger partial charge is 0.345 e. The number of halogens is 1. The molecule has 9 amide bonds. The van der Waals surface area contributed by atoms with Crippen molar-refractivity contribution in [3.63, 3.8) is 0 Å². The van der Waals surface area contributed by atoms with E-state index >= 15 is 0 Å². The SMILES string of the molecule is C=CCON1C(=O)N2CC(I)=CC1C2.C=CCON1C(=O)N2CC(N3CCC3=O)=CC1C2.CN1C(=O)N2CC(N3CCC3=O)=CC1C2.O=C1CCN1. The van der Waals surface area contributed by atoms with Gasteiger partial charge in [0.05, 0.1) is 51.0 Å². The van der Waals surface area contributed by atoms with Crippen molar-refractivity contribution in [2.75, 3.05) is 79.2 Å². The third kappa shape index (κ3) is 7.82. The van der Waals surface area contributed by atoms with E-state index in [1.165, 1.54) is 13.7 Å². The number of likely N-dealkylation sites (N-methyl/N-ethyl adjacent to an activating group) is 1. The molecule has 6 saturated heterocycles. The number of nitrogens with zero attached hydrogens (tertiary/aromatic N) is 8. The van der Waals surface area contributed by atoms with Gasteiger partial charge in [-0.15, -0.1) is 13.2 Å². The van der Waals surface area contributed by atoms with Crippen molar-refractivity contribution in [1.29, 1.82) is 0 Å². The first-order chi connectivity index (χ1) is 25.0. The first kappa shape index (κ1) is 37.3. The van der Waals surface area contributed by atoms with Gasteiger partial charge in [-0.3, -0.25) is 24.1 Å². The van der Waals surface area contributed by atoms with Crippen LogP contribution in [0, 0.1) is 0 Å². The van der Waals surface area contributed by atoms with Gasteiger partial charge in [0.25, 0.3) is 0 Å². The maximum Gasteiger partial charge on any atom is 0.345 e. The Morgan fingerprint density at radius 1 is 0.712 bits per heavy atom. The van der Waals surface area contributed by atoms with Crippen molar-refractivity contribution in [2.24, 2.45) is 0 Å². The molecule has 0 aliphatic carbocycles. The van der Waals surface area contributed by atoms with Crippen molar-refractivity contribution in [3.8, 4) is 0 Å². The summed E-state index contributed by atoms with van der Waals surface area (Å²) in [5, 5.41) is 5.38. The van der Waals surface area contributed by atoms with Gasteiger partial charge in [0.1, 0.15) is 0 Å². The van der Waals surface area contributed by atoms with Gasteiger partial charge in [0.2, 0.25) is 17.7 Å². The van der Waals surface area contributed by atoms with Crippen LogP contribution in [0.2, 0.25) is 0 Å². The summed E-state index contributed by atoms with van der Waals surface area (Å²) in [6, 6.07) is 0.00686. The Balaban J connectivity index is 0.000000126. The molecule has 0 saturated carbocycles. The van der Waals surface area contributed by atoms with Crippen LogP contribution in [0.3, 0.4) is 0 Å². The highest BCUT2D eigenvalue weighted by Crippen LogP contribution is 2.30. The largest absolute Gasteiger partial charge is 0.356 e. The lowest BCUT2D eigenvalue weighted by molar-refractivity contribution is -0.138. The van der Waals surface area contributed by atoms with Gasteiger partial charge in [-0.25, -0.2) is 14.4 Å². The van der Waals surface area contributed by atoms with Gasteiger partial charge in [-0.05, 0) is 40.8 Å². The van der Waals surface area contributed by atoms with E-state index in [0.29, 0.717) is 52.2 Å². The molecule has 6 fully saturated rings. The number of hydrogen-bond donors (Lipinski definition) is 1. The van der Waals surface area contributed by atoms with Crippen LogP contribution in [0.1, 0.15) is 19.3 Å². The van der Waals surface area contributed by atoms with Gasteiger partial charge in [-0.1, -0.05) is 12.2 Å². The van der Waals surface area contributed by atoms with Crippen LogP contribution >= 0.6 is 22.6 Å². The van der Waals surface area contributed by atoms with Crippen LogP contribution in [-0.2, 0) is 24.1 Å². The third-order valence-corrected chi connectivity index (χ3v) is 10.4. The monoisotopic (exact) mass is 833 g/mol. The summed E-state index contributed by atoms with van der Waals surface area (Å²) >= 11 is 2.25. The fourth-order valence-corrected chi connectivity index (χ4v) is 7.51. The number of likely N-dealkylation sites (tertiary alicyclic amines) is 2. The number of carbonyl (C=O) groups is 6. The third-order valence-electron chi connectivity index (χ3n) is 9.73. The Morgan fingerprint density at radius 3 is 1.56 bits per heavy atom. The standard InChI is InChI=1S/C12H15N3O3.C10H13N3O2.C9H11IN2O2.C3H5NO/c1-2-5-18-15-10-6-9(14-4-3-11(14)16)7-13(8-10)12(15)17;1-11-7-4-8(13-3-2-9(13)14)6-12(5-7)10(11)15;1-2-3-14-12-8-4-7(10)5-11(6-8)9(12)13;5-3-1-2-4-3/h2,6,10H,1,3-5,7-8H2;4,7H,2-3,5-6H2,1H3;2,4,8H,1,3,5-6H2;1-2H2,(H,4,5). The molecule has 18 heteroatoms. The summed E-state index contributed by atoms with van der Waals surface area (Å²) in [5.41, 5.74) is 1.92. The lowest BCUT2D eigenvalue weighted by Gasteiger charge is -2.36. The molecule has 9 heterocycles. The van der Waals surface area contributed by atoms with Crippen molar-refractivity contribution in [1.82, 2.24) is 44.8 Å². The number of rotatable bonds is 8. The van der Waals surface area contributed by atoms with Gasteiger partial charge < -0.3 is 34.7 Å². The summed E-state index contributed by atoms with van der Waals surface area (Å²) < 4.78 is 1.19. The molecule has 9 aliphatic heterocycles. The van der Waals surface area contributed by atoms with Crippen molar-refractivity contribution >= 4 is 58.4 Å². The summed E-state index contributed by atoms with van der Waals surface area (Å²) in [6.45, 7) is 14.2. The van der Waals surface area contributed by atoms with E-state index in [1.807, 2.05) is 13.1 Å². The van der Waals surface area contributed by atoms with Crippen molar-refractivity contribution < 1.29 is 38.4 Å². The van der Waals surface area contributed by atoms with E-state index in [9.17, 15) is 28.8 Å². The minimum atomic E-state index is -0.138. The van der Waals surface area contributed by atoms with Crippen LogP contribution in [0.15, 0.2) is 58.5 Å².